The van der Waals surface area contributed by atoms with Crippen LogP contribution in [-0.2, 0) is 29.0 Å². The van der Waals surface area contributed by atoms with Gasteiger partial charge in [0.15, 0.2) is 6.23 Å². The number of ether oxygens (including phenoxy) is 5. The summed E-state index contributed by atoms with van der Waals surface area (Å²) in [7, 11) is 1.07. The smallest absolute Gasteiger partial charge is 0.471 e. The third-order valence-electron chi connectivity index (χ3n) is 12.4. The molecule has 0 spiro atoms. The largest absolute Gasteiger partial charge is 0.497 e. The van der Waals surface area contributed by atoms with Gasteiger partial charge in [-0.2, -0.15) is 13.2 Å². The Balaban J connectivity index is 1.50. The molecule has 12 nitrogen and oxygen atoms in total. The summed E-state index contributed by atoms with van der Waals surface area (Å²) in [5.41, 5.74) is -0.876. The predicted octanol–water partition coefficient (Wildman–Crippen LogP) is 7.25. The maximum atomic E-state index is 13.8. The molecule has 1 aliphatic rings. The van der Waals surface area contributed by atoms with Crippen LogP contribution in [0.3, 0.4) is 0 Å². The van der Waals surface area contributed by atoms with Crippen LogP contribution in [0.15, 0.2) is 161 Å². The van der Waals surface area contributed by atoms with E-state index in [1.807, 2.05) is 145 Å². The van der Waals surface area contributed by atoms with Crippen molar-refractivity contribution < 1.29 is 46.1 Å². The van der Waals surface area contributed by atoms with Gasteiger partial charge in [-0.25, -0.2) is 4.79 Å². The quantitative estimate of drug-likeness (QED) is 0.0519. The molecule has 0 bridgehead atoms. The van der Waals surface area contributed by atoms with Gasteiger partial charge < -0.3 is 33.4 Å². The minimum Gasteiger partial charge on any atom is -0.497 e. The van der Waals surface area contributed by atoms with E-state index in [0.29, 0.717) is 28.2 Å². The molecule has 5 aromatic carbocycles. The molecule has 0 aliphatic carbocycles. The number of carbonyl (C=O) groups excluding carboxylic acids is 1. The number of alkyl halides is 3. The van der Waals surface area contributed by atoms with Gasteiger partial charge in [0.1, 0.15) is 35.4 Å². The molecule has 3 unspecified atom stereocenters. The van der Waals surface area contributed by atoms with Crippen molar-refractivity contribution in [1.29, 1.82) is 0 Å². The molecule has 1 saturated heterocycles. The second kappa shape index (κ2) is 20.9. The molecular weight excluding hydrogens is 896 g/mol. The highest BCUT2D eigenvalue weighted by Gasteiger charge is 2.59. The molecule has 1 fully saturated rings. The van der Waals surface area contributed by atoms with Crippen LogP contribution >= 0.6 is 0 Å². The van der Waals surface area contributed by atoms with E-state index in [2.05, 4.69) is 25.8 Å². The van der Waals surface area contributed by atoms with Crippen LogP contribution in [0.5, 0.6) is 11.5 Å². The second-order valence-corrected chi connectivity index (χ2v) is 21.8. The van der Waals surface area contributed by atoms with Gasteiger partial charge in [-0.15, -0.1) is 0 Å². The fourth-order valence-electron chi connectivity index (χ4n) is 9.25. The zero-order chi connectivity index (χ0) is 48.7. The van der Waals surface area contributed by atoms with E-state index in [-0.39, 0.29) is 19.4 Å². The molecule has 358 valence electrons. The zero-order valence-electron chi connectivity index (χ0n) is 38.7. The first-order valence-electron chi connectivity index (χ1n) is 22.2. The van der Waals surface area contributed by atoms with E-state index in [4.69, 9.17) is 28.1 Å². The van der Waals surface area contributed by atoms with Gasteiger partial charge in [0.25, 0.3) is 13.9 Å². The van der Waals surface area contributed by atoms with Crippen molar-refractivity contribution >= 4 is 24.6 Å². The number of halogens is 3. The Bertz CT molecular complexity index is 2610. The summed E-state index contributed by atoms with van der Waals surface area (Å²) in [6, 6.07) is 45.2. The molecule has 6 aromatic rings. The third-order valence-corrected chi connectivity index (χ3v) is 17.5. The molecule has 68 heavy (non-hydrogen) atoms. The van der Waals surface area contributed by atoms with Gasteiger partial charge >= 0.3 is 17.8 Å². The number of methoxy groups -OCH3 is 3. The lowest BCUT2D eigenvalue weighted by Crippen LogP contribution is -2.69. The number of rotatable bonds is 18. The fourth-order valence-corrected chi connectivity index (χ4v) is 13.9. The molecule has 16 heteroatoms. The summed E-state index contributed by atoms with van der Waals surface area (Å²) in [6.07, 6.45) is -9.39. The highest BCUT2D eigenvalue weighted by Crippen LogP contribution is 2.48. The highest BCUT2D eigenvalue weighted by atomic mass is 28.4. The Morgan fingerprint density at radius 3 is 1.68 bits per heavy atom. The number of aromatic nitrogens is 2. The first kappa shape index (κ1) is 49.6. The number of amides is 1. The van der Waals surface area contributed by atoms with E-state index in [1.165, 1.54) is 23.9 Å². The molecule has 0 saturated carbocycles. The SMILES string of the molecule is COc1ccc(C(OC(CCCNC(=O)C(F)(F)F)[C@H]2O[C@@H](n3ccc(=O)[nH]c3=O)C(OC)C2O[Si](c2ccccc2)(c2ccccc2)C(C)(C)C)(c2ccccc2)c2ccc(OC)cc2)cc1. The van der Waals surface area contributed by atoms with E-state index in [9.17, 15) is 27.6 Å². The maximum Gasteiger partial charge on any atom is 0.471 e. The van der Waals surface area contributed by atoms with Gasteiger partial charge in [0, 0.05) is 25.9 Å². The van der Waals surface area contributed by atoms with Crippen LogP contribution in [0.25, 0.3) is 0 Å². The summed E-state index contributed by atoms with van der Waals surface area (Å²) >= 11 is 0. The highest BCUT2D eigenvalue weighted by molar-refractivity contribution is 6.99. The summed E-state index contributed by atoms with van der Waals surface area (Å²) in [4.78, 5) is 40.7. The van der Waals surface area contributed by atoms with Crippen molar-refractivity contribution in [3.8, 4) is 11.5 Å². The summed E-state index contributed by atoms with van der Waals surface area (Å²) in [6.45, 7) is 5.97. The normalized spacial score (nSPS) is 18.2. The van der Waals surface area contributed by atoms with Crippen LogP contribution < -0.4 is 36.4 Å². The third kappa shape index (κ3) is 10.1. The molecule has 0 radical (unpaired) electrons. The molecule has 1 aromatic heterocycles. The zero-order valence-corrected chi connectivity index (χ0v) is 39.7. The topological polar surface area (TPSA) is 139 Å². The number of nitrogens with one attached hydrogen (secondary N) is 2. The Kier molecular flexibility index (Phi) is 15.3. The average Bonchev–Trinajstić information content (AvgIpc) is 3.70. The lowest BCUT2D eigenvalue weighted by atomic mass is 9.79. The monoisotopic (exact) mass is 951 g/mol. The van der Waals surface area contributed by atoms with Crippen molar-refractivity contribution in [3.63, 3.8) is 0 Å². The van der Waals surface area contributed by atoms with Crippen LogP contribution in [0.4, 0.5) is 13.2 Å². The molecule has 2 heterocycles. The van der Waals surface area contributed by atoms with Gasteiger partial charge in [0.2, 0.25) is 0 Å². The van der Waals surface area contributed by atoms with Gasteiger partial charge in [-0.1, -0.05) is 136 Å². The summed E-state index contributed by atoms with van der Waals surface area (Å²) < 4.78 is 82.2. The van der Waals surface area contributed by atoms with E-state index in [1.54, 1.807) is 14.2 Å². The van der Waals surface area contributed by atoms with Crippen molar-refractivity contribution in [2.45, 2.75) is 81.1 Å². The fraction of sp³-hybridized carbons (Fsp3) is 0.327. The maximum absolute atomic E-state index is 13.8. The van der Waals surface area contributed by atoms with Crippen LogP contribution in [0.1, 0.15) is 56.5 Å². The molecule has 5 atom stereocenters. The molecular formula is C52H56F3N3O9Si. The summed E-state index contributed by atoms with van der Waals surface area (Å²) in [5, 5.41) is 3.30. The Morgan fingerprint density at radius 2 is 1.22 bits per heavy atom. The Labute approximate surface area is 394 Å². The Morgan fingerprint density at radius 1 is 0.721 bits per heavy atom. The molecule has 1 amide bonds. The van der Waals surface area contributed by atoms with Crippen LogP contribution in [-0.4, -0.2) is 82.2 Å². The van der Waals surface area contributed by atoms with Crippen LogP contribution in [0.2, 0.25) is 5.04 Å². The van der Waals surface area contributed by atoms with Gasteiger partial charge in [0.05, 0.1) is 20.3 Å². The minimum atomic E-state index is -5.10. The van der Waals surface area contributed by atoms with Gasteiger partial charge in [-0.3, -0.25) is 19.1 Å². The van der Waals surface area contributed by atoms with Crippen LogP contribution in [0, 0.1) is 0 Å². The number of H-pyrrole nitrogens is 1. The Hall–Kier alpha value is -6.30. The van der Waals surface area contributed by atoms with Crippen molar-refractivity contribution in [3.05, 3.63) is 189 Å². The standard InChI is InChI=1S/C52H56F3N3O9Si/c1-50(2,3)68(40-19-12-8-13-20-40,41-21-14-9-15-22-41)67-45-44(65-47(46(45)64-6)58-34-32-43(59)57-49(58)61)42(23-16-33-56-48(60)52(53,54)55)66-51(35-17-10-7-11-18-35,36-24-28-38(62-4)29-25-36)37-26-30-39(63-5)31-27-37/h7-15,17-22,24-32,34,42,44-47H,16,23,33H2,1-6H3,(H,56,60)(H,57,59,61)/t42?,44-,45?,46?,47-/m1/s1. The summed E-state index contributed by atoms with van der Waals surface area (Å²) in [5.74, 6) is -0.915. The lowest BCUT2D eigenvalue weighted by molar-refractivity contribution is -0.173. The van der Waals surface area contributed by atoms with Crippen molar-refractivity contribution in [2.24, 2.45) is 0 Å². The first-order valence-corrected chi connectivity index (χ1v) is 24.1. The molecule has 2 N–H and O–H groups in total. The lowest BCUT2D eigenvalue weighted by Gasteiger charge is -2.47. The van der Waals surface area contributed by atoms with E-state index < -0.39 is 72.9 Å². The molecule has 1 aliphatic heterocycles. The molecule has 7 rings (SSSR count). The number of nitrogens with zero attached hydrogens (tertiary/aromatic N) is 1. The predicted molar refractivity (Wildman–Crippen MR) is 254 cm³/mol. The number of hydrogen-bond acceptors (Lipinski definition) is 9. The van der Waals surface area contributed by atoms with Crippen molar-refractivity contribution in [1.82, 2.24) is 14.9 Å². The number of benzene rings is 5. The number of carbonyl (C=O) groups is 1. The van der Waals surface area contributed by atoms with Crippen molar-refractivity contribution in [2.75, 3.05) is 27.9 Å². The second-order valence-electron chi connectivity index (χ2n) is 17.5. The van der Waals surface area contributed by atoms with E-state index >= 15 is 0 Å². The average molecular weight is 952 g/mol. The number of aromatic amines is 1. The minimum absolute atomic E-state index is 0.00597. The first-order chi connectivity index (χ1) is 32.6. The van der Waals surface area contributed by atoms with Gasteiger partial charge in [-0.05, 0) is 69.2 Å². The van der Waals surface area contributed by atoms with E-state index in [0.717, 1.165) is 10.4 Å². The number of hydrogen-bond donors (Lipinski definition) is 2.